The molecule has 3 aromatic carbocycles. The number of anilines is 1. The first-order chi connectivity index (χ1) is 19.6. The SMILES string of the molecule is CCOc1ccc([C@H]2[C@H](C(=O)Nc3ccccc3OCC)c3ccccc3C(=O)N2CCN2CCOCC2)cc1. The summed E-state index contributed by atoms with van der Waals surface area (Å²) in [4.78, 5) is 32.4. The van der Waals surface area contributed by atoms with E-state index in [1.54, 1.807) is 0 Å². The zero-order valence-corrected chi connectivity index (χ0v) is 23.2. The smallest absolute Gasteiger partial charge is 0.254 e. The maximum absolute atomic E-state index is 14.2. The van der Waals surface area contributed by atoms with Crippen molar-refractivity contribution in [2.75, 3.05) is 57.9 Å². The second kappa shape index (κ2) is 13.0. The molecule has 2 aliphatic rings. The van der Waals surface area contributed by atoms with Crippen LogP contribution in [-0.2, 0) is 9.53 Å². The van der Waals surface area contributed by atoms with E-state index in [1.165, 1.54) is 0 Å². The van der Waals surface area contributed by atoms with Gasteiger partial charge in [-0.3, -0.25) is 14.5 Å². The van der Waals surface area contributed by atoms with E-state index in [-0.39, 0.29) is 11.8 Å². The molecular weight excluding hydrogens is 506 g/mol. The number of carbonyl (C=O) groups is 2. The van der Waals surface area contributed by atoms with Crippen LogP contribution in [0.3, 0.4) is 0 Å². The van der Waals surface area contributed by atoms with Crippen molar-refractivity contribution in [2.45, 2.75) is 25.8 Å². The second-order valence-corrected chi connectivity index (χ2v) is 9.88. The van der Waals surface area contributed by atoms with Gasteiger partial charge in [-0.15, -0.1) is 0 Å². The number of carbonyl (C=O) groups excluding carboxylic acids is 2. The number of nitrogens with zero attached hydrogens (tertiary/aromatic N) is 2. The molecule has 3 aromatic rings. The lowest BCUT2D eigenvalue weighted by Gasteiger charge is -2.43. The van der Waals surface area contributed by atoms with Gasteiger partial charge in [0.05, 0.1) is 44.1 Å². The number of ether oxygens (including phenoxy) is 3. The highest BCUT2D eigenvalue weighted by atomic mass is 16.5. The minimum absolute atomic E-state index is 0.0680. The van der Waals surface area contributed by atoms with Crippen LogP contribution in [0.1, 0.15) is 47.3 Å². The van der Waals surface area contributed by atoms with Gasteiger partial charge in [0, 0.05) is 31.7 Å². The Kier molecular flexibility index (Phi) is 8.98. The molecule has 210 valence electrons. The lowest BCUT2D eigenvalue weighted by Crippen LogP contribution is -2.49. The average molecular weight is 544 g/mol. The summed E-state index contributed by atoms with van der Waals surface area (Å²) in [6.45, 7) is 9.11. The van der Waals surface area contributed by atoms with Crippen LogP contribution in [0.2, 0.25) is 0 Å². The van der Waals surface area contributed by atoms with Crippen LogP contribution < -0.4 is 14.8 Å². The Bertz CT molecular complexity index is 1310. The zero-order chi connectivity index (χ0) is 27.9. The van der Waals surface area contributed by atoms with E-state index < -0.39 is 12.0 Å². The molecule has 0 aliphatic carbocycles. The van der Waals surface area contributed by atoms with Gasteiger partial charge in [0.2, 0.25) is 5.91 Å². The molecule has 8 nitrogen and oxygen atoms in total. The van der Waals surface area contributed by atoms with Crippen molar-refractivity contribution in [1.29, 1.82) is 0 Å². The van der Waals surface area contributed by atoms with E-state index in [1.807, 2.05) is 91.5 Å². The van der Waals surface area contributed by atoms with Crippen LogP contribution in [0.4, 0.5) is 5.69 Å². The Morgan fingerprint density at radius 1 is 0.900 bits per heavy atom. The van der Waals surface area contributed by atoms with Crippen molar-refractivity contribution in [3.63, 3.8) is 0 Å². The highest BCUT2D eigenvalue weighted by molar-refractivity contribution is 6.04. The van der Waals surface area contributed by atoms with Gasteiger partial charge >= 0.3 is 0 Å². The number of fused-ring (bicyclic) bond motifs is 1. The van der Waals surface area contributed by atoms with Gasteiger partial charge in [-0.1, -0.05) is 42.5 Å². The first kappa shape index (κ1) is 27.7. The van der Waals surface area contributed by atoms with E-state index in [9.17, 15) is 9.59 Å². The quantitative estimate of drug-likeness (QED) is 0.398. The van der Waals surface area contributed by atoms with Crippen molar-refractivity contribution < 1.29 is 23.8 Å². The number of amides is 2. The minimum atomic E-state index is -0.633. The molecule has 2 heterocycles. The Morgan fingerprint density at radius 3 is 2.35 bits per heavy atom. The summed E-state index contributed by atoms with van der Waals surface area (Å²) in [6, 6.07) is 22.1. The van der Waals surface area contributed by atoms with E-state index in [0.29, 0.717) is 56.5 Å². The average Bonchev–Trinajstić information content (AvgIpc) is 2.99. The first-order valence-electron chi connectivity index (χ1n) is 14.1. The van der Waals surface area contributed by atoms with Gasteiger partial charge in [0.1, 0.15) is 11.5 Å². The Morgan fingerprint density at radius 2 is 1.60 bits per heavy atom. The van der Waals surface area contributed by atoms with Crippen molar-refractivity contribution >= 4 is 17.5 Å². The molecule has 2 amide bonds. The fourth-order valence-electron chi connectivity index (χ4n) is 5.56. The lowest BCUT2D eigenvalue weighted by molar-refractivity contribution is -0.119. The Balaban J connectivity index is 1.55. The summed E-state index contributed by atoms with van der Waals surface area (Å²) < 4.78 is 17.0. The molecule has 0 radical (unpaired) electrons. The summed E-state index contributed by atoms with van der Waals surface area (Å²) in [7, 11) is 0. The van der Waals surface area contributed by atoms with Crippen LogP contribution in [0.5, 0.6) is 11.5 Å². The highest BCUT2D eigenvalue weighted by Gasteiger charge is 2.44. The lowest BCUT2D eigenvalue weighted by atomic mass is 9.79. The van der Waals surface area contributed by atoms with Crippen molar-refractivity contribution in [2.24, 2.45) is 0 Å². The molecule has 5 rings (SSSR count). The van der Waals surface area contributed by atoms with Gasteiger partial charge in [0.25, 0.3) is 5.91 Å². The number of morpholine rings is 1. The molecule has 1 saturated heterocycles. The predicted molar refractivity (Wildman–Crippen MR) is 154 cm³/mol. The fraction of sp³-hybridized carbons (Fsp3) is 0.375. The molecule has 0 unspecified atom stereocenters. The van der Waals surface area contributed by atoms with Crippen LogP contribution in [0.25, 0.3) is 0 Å². The van der Waals surface area contributed by atoms with Gasteiger partial charge in [-0.05, 0) is 55.3 Å². The van der Waals surface area contributed by atoms with Gasteiger partial charge in [0.15, 0.2) is 0 Å². The summed E-state index contributed by atoms with van der Waals surface area (Å²) in [6.07, 6.45) is 0. The largest absolute Gasteiger partial charge is 0.494 e. The number of nitrogens with one attached hydrogen (secondary N) is 1. The summed E-state index contributed by atoms with van der Waals surface area (Å²) in [5.41, 5.74) is 2.77. The number of hydrogen-bond acceptors (Lipinski definition) is 6. The first-order valence-corrected chi connectivity index (χ1v) is 14.1. The maximum Gasteiger partial charge on any atom is 0.254 e. The monoisotopic (exact) mass is 543 g/mol. The Hall–Kier alpha value is -3.88. The second-order valence-electron chi connectivity index (χ2n) is 9.88. The third kappa shape index (κ3) is 5.98. The maximum atomic E-state index is 14.2. The third-order valence-electron chi connectivity index (χ3n) is 7.46. The molecule has 2 atom stereocenters. The summed E-state index contributed by atoms with van der Waals surface area (Å²) >= 11 is 0. The van der Waals surface area contributed by atoms with Crippen molar-refractivity contribution in [3.8, 4) is 11.5 Å². The number of para-hydroxylation sites is 2. The van der Waals surface area contributed by atoms with E-state index in [0.717, 1.165) is 30.0 Å². The molecule has 0 spiro atoms. The van der Waals surface area contributed by atoms with E-state index >= 15 is 0 Å². The topological polar surface area (TPSA) is 80.3 Å². The minimum Gasteiger partial charge on any atom is -0.494 e. The molecule has 1 N–H and O–H groups in total. The summed E-state index contributed by atoms with van der Waals surface area (Å²) in [5.74, 6) is 0.468. The third-order valence-corrected chi connectivity index (χ3v) is 7.46. The molecule has 0 bridgehead atoms. The normalized spacial score (nSPS) is 19.1. The van der Waals surface area contributed by atoms with Crippen LogP contribution in [0, 0.1) is 0 Å². The standard InChI is InChI=1S/C32H37N3O5/c1-3-39-24-15-13-23(14-16-24)30-29(31(36)33-27-11-7-8-12-28(27)40-4-2)25-9-5-6-10-26(25)32(37)35(30)18-17-34-19-21-38-22-20-34/h5-16,29-30H,3-4,17-22H2,1-2H3,(H,33,36)/t29-,30+/m1/s1. The van der Waals surface area contributed by atoms with Crippen LogP contribution in [0.15, 0.2) is 72.8 Å². The number of rotatable bonds is 10. The molecule has 1 fully saturated rings. The summed E-state index contributed by atoms with van der Waals surface area (Å²) in [5, 5.41) is 3.12. The van der Waals surface area contributed by atoms with Gasteiger partial charge < -0.3 is 24.4 Å². The number of hydrogen-bond donors (Lipinski definition) is 1. The molecular formula is C32H37N3O5. The van der Waals surface area contributed by atoms with Gasteiger partial charge in [-0.2, -0.15) is 0 Å². The highest BCUT2D eigenvalue weighted by Crippen LogP contribution is 2.44. The predicted octanol–water partition coefficient (Wildman–Crippen LogP) is 4.74. The van der Waals surface area contributed by atoms with Crippen molar-refractivity contribution in [1.82, 2.24) is 9.80 Å². The molecule has 0 saturated carbocycles. The molecule has 40 heavy (non-hydrogen) atoms. The Labute approximate surface area is 235 Å². The van der Waals surface area contributed by atoms with Crippen molar-refractivity contribution in [3.05, 3.63) is 89.5 Å². The van der Waals surface area contributed by atoms with Gasteiger partial charge in [-0.25, -0.2) is 0 Å². The van der Waals surface area contributed by atoms with Crippen LogP contribution in [-0.4, -0.2) is 74.2 Å². The van der Waals surface area contributed by atoms with E-state index in [2.05, 4.69) is 10.2 Å². The molecule has 0 aromatic heterocycles. The molecule has 2 aliphatic heterocycles. The molecule has 8 heteroatoms. The fourth-order valence-corrected chi connectivity index (χ4v) is 5.56. The number of benzene rings is 3. The zero-order valence-electron chi connectivity index (χ0n) is 23.2. The van der Waals surface area contributed by atoms with Crippen LogP contribution >= 0.6 is 0 Å². The van der Waals surface area contributed by atoms with E-state index in [4.69, 9.17) is 14.2 Å².